The van der Waals surface area contributed by atoms with Crippen molar-refractivity contribution in [1.29, 1.82) is 0 Å². The van der Waals surface area contributed by atoms with E-state index in [1.54, 1.807) is 0 Å². The van der Waals surface area contributed by atoms with Crippen LogP contribution in [0, 0.1) is 0 Å². The summed E-state index contributed by atoms with van der Waals surface area (Å²) in [5, 5.41) is 14.1. The highest BCUT2D eigenvalue weighted by molar-refractivity contribution is 8.00. The molecule has 2 N–H and O–H groups in total. The van der Waals surface area contributed by atoms with Crippen molar-refractivity contribution >= 4 is 35.8 Å². The van der Waals surface area contributed by atoms with Crippen LogP contribution in [0.4, 0.5) is 0 Å². The topological polar surface area (TPSA) is 108 Å². The first-order valence-corrected chi connectivity index (χ1v) is 6.27. The van der Waals surface area contributed by atoms with Gasteiger partial charge in [-0.25, -0.2) is 4.79 Å². The van der Waals surface area contributed by atoms with Gasteiger partial charge >= 0.3 is 5.97 Å². The molecule has 2 amide bonds. The summed E-state index contributed by atoms with van der Waals surface area (Å²) >= 11 is 1.30. The van der Waals surface area contributed by atoms with Crippen LogP contribution in [0.5, 0.6) is 0 Å². The van der Waals surface area contributed by atoms with E-state index in [0.717, 1.165) is 6.21 Å². The van der Waals surface area contributed by atoms with E-state index in [9.17, 15) is 14.4 Å². The molecule has 102 valence electrons. The molecule has 0 aromatic carbocycles. The summed E-state index contributed by atoms with van der Waals surface area (Å²) in [6, 6.07) is 0. The minimum Gasteiger partial charge on any atom is -0.477 e. The fourth-order valence-corrected chi connectivity index (χ4v) is 3.07. The maximum Gasteiger partial charge on any atom is 0.352 e. The molecule has 0 saturated carbocycles. The van der Waals surface area contributed by atoms with Crippen molar-refractivity contribution in [3.05, 3.63) is 11.8 Å². The fraction of sp³-hybridized carbons (Fsp3) is 0.400. The van der Waals surface area contributed by atoms with Crippen molar-refractivity contribution in [1.82, 2.24) is 10.2 Å². The summed E-state index contributed by atoms with van der Waals surface area (Å²) in [6.45, 7) is 0. The van der Waals surface area contributed by atoms with Gasteiger partial charge in [0.2, 0.25) is 5.91 Å². The van der Waals surface area contributed by atoms with E-state index in [4.69, 9.17) is 5.11 Å². The van der Waals surface area contributed by atoms with Crippen molar-refractivity contribution in [2.75, 3.05) is 7.11 Å². The number of β-lactam (4-membered cyclic amide) rings is 1. The zero-order valence-electron chi connectivity index (χ0n) is 9.90. The predicted molar refractivity (Wildman–Crippen MR) is 66.0 cm³/mol. The molecule has 8 nitrogen and oxygen atoms in total. The Hall–Kier alpha value is -2.03. The molecule has 0 aromatic rings. The third-order valence-corrected chi connectivity index (χ3v) is 3.80. The van der Waals surface area contributed by atoms with Gasteiger partial charge in [0.1, 0.15) is 19.0 Å². The Morgan fingerprint density at radius 2 is 2.42 bits per heavy atom. The number of aliphatic carboxylic acids is 1. The third kappa shape index (κ3) is 2.70. The van der Waals surface area contributed by atoms with Gasteiger partial charge in [-0.05, 0) is 6.08 Å². The summed E-state index contributed by atoms with van der Waals surface area (Å²) in [5.74, 6) is -1.92. The number of carbonyl (C=O) groups excluding carboxylic acids is 2. The standard InChI is InChI=1S/C10H11N3O5S/c1-18-11-4-6(14)12-7-2-5(10(16)17)13-8(15)3-9(13)19-7/h2,4,7,9H,3H2,1H3,(H,12,14)(H,16,17)/t7?,9-/m1/s1. The first-order valence-electron chi connectivity index (χ1n) is 5.32. The van der Waals surface area contributed by atoms with Crippen LogP contribution in [0.2, 0.25) is 0 Å². The zero-order chi connectivity index (χ0) is 14.0. The minimum atomic E-state index is -1.19. The van der Waals surface area contributed by atoms with Gasteiger partial charge in [-0.3, -0.25) is 14.5 Å². The van der Waals surface area contributed by atoms with Crippen molar-refractivity contribution < 1.29 is 24.3 Å². The molecule has 1 unspecified atom stereocenters. The highest BCUT2D eigenvalue weighted by Crippen LogP contribution is 2.39. The van der Waals surface area contributed by atoms with Crippen molar-refractivity contribution in [2.24, 2.45) is 5.16 Å². The monoisotopic (exact) mass is 285 g/mol. The van der Waals surface area contributed by atoms with Gasteiger partial charge in [0, 0.05) is 0 Å². The maximum atomic E-state index is 11.4. The Bertz CT molecular complexity index is 490. The number of nitrogens with zero attached hydrogens (tertiary/aromatic N) is 2. The Kier molecular flexibility index (Phi) is 3.74. The summed E-state index contributed by atoms with van der Waals surface area (Å²) in [6.07, 6.45) is 2.56. The van der Waals surface area contributed by atoms with Crippen LogP contribution in [0.3, 0.4) is 0 Å². The maximum absolute atomic E-state index is 11.4. The average molecular weight is 285 g/mol. The number of carboxylic acid groups (broad SMARTS) is 1. The molecule has 0 radical (unpaired) electrons. The number of thioether (sulfide) groups is 1. The lowest BCUT2D eigenvalue weighted by Crippen LogP contribution is -2.55. The lowest BCUT2D eigenvalue weighted by Gasteiger charge is -2.44. The second kappa shape index (κ2) is 5.31. The Labute approximate surface area is 112 Å². The highest BCUT2D eigenvalue weighted by Gasteiger charge is 2.45. The molecule has 2 heterocycles. The molecule has 0 bridgehead atoms. The summed E-state index contributed by atoms with van der Waals surface area (Å²) < 4.78 is 0. The van der Waals surface area contributed by atoms with E-state index in [-0.39, 0.29) is 23.4 Å². The van der Waals surface area contributed by atoms with Gasteiger partial charge in [0.25, 0.3) is 5.91 Å². The molecule has 19 heavy (non-hydrogen) atoms. The predicted octanol–water partition coefficient (Wildman–Crippen LogP) is -0.665. The molecule has 2 atom stereocenters. The van der Waals surface area contributed by atoms with E-state index < -0.39 is 17.3 Å². The normalized spacial score (nSPS) is 25.4. The summed E-state index contributed by atoms with van der Waals surface area (Å²) in [5.41, 5.74) is -0.103. The van der Waals surface area contributed by atoms with Gasteiger partial charge in [-0.1, -0.05) is 5.16 Å². The highest BCUT2D eigenvalue weighted by atomic mass is 32.2. The van der Waals surface area contributed by atoms with Crippen LogP contribution in [0.1, 0.15) is 6.42 Å². The molecule has 2 rings (SSSR count). The van der Waals surface area contributed by atoms with Crippen LogP contribution >= 0.6 is 11.8 Å². The number of fused-ring (bicyclic) bond motifs is 1. The fourth-order valence-electron chi connectivity index (χ4n) is 1.75. The van der Waals surface area contributed by atoms with Crippen LogP contribution in [0.25, 0.3) is 0 Å². The number of carbonyl (C=O) groups is 3. The Morgan fingerprint density at radius 1 is 1.68 bits per heavy atom. The number of oxime groups is 1. The SMILES string of the molecule is CON=CC(=O)NC1C=C(C(=O)O)N2C(=O)C[C@H]2S1. The number of hydrogen-bond donors (Lipinski definition) is 2. The second-order valence-electron chi connectivity index (χ2n) is 3.76. The number of carboxylic acids is 1. The van der Waals surface area contributed by atoms with Gasteiger partial charge in [-0.15, -0.1) is 11.8 Å². The quantitative estimate of drug-likeness (QED) is 0.403. The minimum absolute atomic E-state index is 0.103. The van der Waals surface area contributed by atoms with E-state index in [2.05, 4.69) is 15.3 Å². The van der Waals surface area contributed by atoms with Crippen LogP contribution in [-0.2, 0) is 19.2 Å². The van der Waals surface area contributed by atoms with E-state index in [1.807, 2.05) is 0 Å². The largest absolute Gasteiger partial charge is 0.477 e. The number of rotatable bonds is 4. The molecule has 1 saturated heterocycles. The molecular formula is C10H11N3O5S. The summed E-state index contributed by atoms with van der Waals surface area (Å²) in [7, 11) is 1.30. The van der Waals surface area contributed by atoms with Gasteiger partial charge < -0.3 is 15.3 Å². The van der Waals surface area contributed by atoms with Gasteiger partial charge in [0.05, 0.1) is 17.2 Å². The molecule has 0 aliphatic carbocycles. The smallest absolute Gasteiger partial charge is 0.352 e. The lowest BCUT2D eigenvalue weighted by atomic mass is 10.1. The van der Waals surface area contributed by atoms with Crippen molar-refractivity contribution in [3.63, 3.8) is 0 Å². The molecular weight excluding hydrogens is 274 g/mol. The average Bonchev–Trinajstić information content (AvgIpc) is 2.34. The van der Waals surface area contributed by atoms with Gasteiger partial charge in [-0.2, -0.15) is 0 Å². The first kappa shape index (κ1) is 13.4. The van der Waals surface area contributed by atoms with Crippen LogP contribution < -0.4 is 5.32 Å². The zero-order valence-corrected chi connectivity index (χ0v) is 10.7. The molecule has 2 aliphatic rings. The molecule has 0 spiro atoms. The molecule has 9 heteroatoms. The molecule has 1 fully saturated rings. The molecule has 0 aromatic heterocycles. The third-order valence-electron chi connectivity index (χ3n) is 2.56. The first-order chi connectivity index (χ1) is 9.02. The number of amides is 2. The summed E-state index contributed by atoms with van der Waals surface area (Å²) in [4.78, 5) is 39.4. The van der Waals surface area contributed by atoms with Gasteiger partial charge in [0.15, 0.2) is 0 Å². The Balaban J connectivity index is 2.09. The van der Waals surface area contributed by atoms with Crippen LogP contribution in [-0.4, -0.2) is 51.9 Å². The van der Waals surface area contributed by atoms with E-state index >= 15 is 0 Å². The van der Waals surface area contributed by atoms with E-state index in [0.29, 0.717) is 0 Å². The second-order valence-corrected chi connectivity index (χ2v) is 5.09. The number of hydrogen-bond acceptors (Lipinski definition) is 6. The van der Waals surface area contributed by atoms with Crippen molar-refractivity contribution in [2.45, 2.75) is 17.2 Å². The lowest BCUT2D eigenvalue weighted by molar-refractivity contribution is -0.146. The Morgan fingerprint density at radius 3 is 3.00 bits per heavy atom. The van der Waals surface area contributed by atoms with Crippen molar-refractivity contribution in [3.8, 4) is 0 Å². The van der Waals surface area contributed by atoms with Crippen LogP contribution in [0.15, 0.2) is 16.9 Å². The number of nitrogens with one attached hydrogen (secondary N) is 1. The molecule has 2 aliphatic heterocycles. The van der Waals surface area contributed by atoms with E-state index in [1.165, 1.54) is 29.8 Å².